The van der Waals surface area contributed by atoms with Gasteiger partial charge in [0.15, 0.2) is 0 Å². The van der Waals surface area contributed by atoms with Gasteiger partial charge in [0.2, 0.25) is 0 Å². The minimum absolute atomic E-state index is 0.134. The fourth-order valence-corrected chi connectivity index (χ4v) is 2.96. The molecule has 0 amide bonds. The molecular weight excluding hydrogens is 240 g/mol. The van der Waals surface area contributed by atoms with Crippen molar-refractivity contribution in [3.05, 3.63) is 0 Å². The van der Waals surface area contributed by atoms with E-state index < -0.39 is 0 Å². The molecule has 1 unspecified atom stereocenters. The summed E-state index contributed by atoms with van der Waals surface area (Å²) in [5.74, 6) is -0.134. The van der Waals surface area contributed by atoms with Crippen LogP contribution in [0.4, 0.5) is 0 Å². The van der Waals surface area contributed by atoms with E-state index in [-0.39, 0.29) is 12.0 Å². The number of hydrogen-bond donors (Lipinski definition) is 1. The number of nitrogens with one attached hydrogen (secondary N) is 1. The van der Waals surface area contributed by atoms with Crippen LogP contribution in [0.1, 0.15) is 52.9 Å². The second kappa shape index (κ2) is 8.54. The van der Waals surface area contributed by atoms with Crippen LogP contribution in [0.2, 0.25) is 0 Å². The number of piperidine rings is 1. The second-order valence-electron chi connectivity index (χ2n) is 5.69. The highest BCUT2D eigenvalue weighted by molar-refractivity contribution is 5.75. The summed E-state index contributed by atoms with van der Waals surface area (Å²) in [6.07, 6.45) is 5.74. The first-order valence-corrected chi connectivity index (χ1v) is 7.67. The van der Waals surface area contributed by atoms with Gasteiger partial charge in [0.25, 0.3) is 0 Å². The van der Waals surface area contributed by atoms with Gasteiger partial charge in [-0.15, -0.1) is 0 Å². The van der Waals surface area contributed by atoms with Crippen molar-refractivity contribution in [1.82, 2.24) is 10.2 Å². The number of esters is 1. The van der Waals surface area contributed by atoms with E-state index in [1.165, 1.54) is 26.4 Å². The molecule has 0 aromatic carbocycles. The maximum atomic E-state index is 11.8. The van der Waals surface area contributed by atoms with E-state index in [1.807, 2.05) is 0 Å². The second-order valence-corrected chi connectivity index (χ2v) is 5.69. The summed E-state index contributed by atoms with van der Waals surface area (Å²) in [5.41, 5.74) is 0. The zero-order chi connectivity index (χ0) is 14.3. The van der Waals surface area contributed by atoms with Crippen molar-refractivity contribution >= 4 is 5.97 Å². The van der Waals surface area contributed by atoms with E-state index in [9.17, 15) is 4.79 Å². The maximum absolute atomic E-state index is 11.8. The minimum Gasteiger partial charge on any atom is -0.468 e. The molecule has 112 valence electrons. The Hall–Kier alpha value is -0.610. The summed E-state index contributed by atoms with van der Waals surface area (Å²) in [5, 5.41) is 3.29. The lowest BCUT2D eigenvalue weighted by Crippen LogP contribution is -2.47. The van der Waals surface area contributed by atoms with E-state index in [0.717, 1.165) is 25.9 Å². The predicted octanol–water partition coefficient (Wildman–Crippen LogP) is 2.18. The molecule has 0 spiro atoms. The monoisotopic (exact) mass is 270 g/mol. The first-order valence-electron chi connectivity index (χ1n) is 7.67. The SMILES string of the molecule is CCCNC(CCN1[C@H](C)CCC[C@@H]1C)C(=O)OC. The molecule has 0 aromatic heterocycles. The summed E-state index contributed by atoms with van der Waals surface area (Å²) in [6, 6.07) is 1.10. The minimum atomic E-state index is -0.161. The highest BCUT2D eigenvalue weighted by atomic mass is 16.5. The van der Waals surface area contributed by atoms with Crippen LogP contribution < -0.4 is 5.32 Å². The Labute approximate surface area is 117 Å². The van der Waals surface area contributed by atoms with Gasteiger partial charge in [-0.2, -0.15) is 0 Å². The number of ether oxygens (including phenoxy) is 1. The van der Waals surface area contributed by atoms with Crippen molar-refractivity contribution in [3.8, 4) is 0 Å². The van der Waals surface area contributed by atoms with Crippen LogP contribution in [0.5, 0.6) is 0 Å². The van der Waals surface area contributed by atoms with Crippen LogP contribution in [-0.4, -0.2) is 49.2 Å². The number of hydrogen-bond acceptors (Lipinski definition) is 4. The van der Waals surface area contributed by atoms with Crippen LogP contribution in [0.15, 0.2) is 0 Å². The van der Waals surface area contributed by atoms with Gasteiger partial charge in [-0.25, -0.2) is 0 Å². The molecule has 0 aliphatic carbocycles. The highest BCUT2D eigenvalue weighted by Crippen LogP contribution is 2.22. The van der Waals surface area contributed by atoms with Crippen molar-refractivity contribution in [3.63, 3.8) is 0 Å². The first kappa shape index (κ1) is 16.4. The Balaban J connectivity index is 2.47. The molecule has 3 atom stereocenters. The van der Waals surface area contributed by atoms with Crippen LogP contribution in [-0.2, 0) is 9.53 Å². The summed E-state index contributed by atoms with van der Waals surface area (Å²) in [6.45, 7) is 8.53. The van der Waals surface area contributed by atoms with Gasteiger partial charge in [0, 0.05) is 18.6 Å². The Morgan fingerprint density at radius 2 is 2.00 bits per heavy atom. The van der Waals surface area contributed by atoms with E-state index in [2.05, 4.69) is 31.0 Å². The molecule has 0 radical (unpaired) electrons. The molecule has 4 heteroatoms. The van der Waals surface area contributed by atoms with Crippen LogP contribution in [0.3, 0.4) is 0 Å². The number of methoxy groups -OCH3 is 1. The molecule has 1 aliphatic heterocycles. The van der Waals surface area contributed by atoms with Gasteiger partial charge < -0.3 is 10.1 Å². The van der Waals surface area contributed by atoms with Crippen molar-refractivity contribution in [2.75, 3.05) is 20.2 Å². The molecule has 0 saturated carbocycles. The number of nitrogens with zero attached hydrogens (tertiary/aromatic N) is 1. The Kier molecular flexibility index (Phi) is 7.39. The number of likely N-dealkylation sites (tertiary alicyclic amines) is 1. The summed E-state index contributed by atoms with van der Waals surface area (Å²) < 4.78 is 4.88. The number of rotatable bonds is 7. The van der Waals surface area contributed by atoms with E-state index in [4.69, 9.17) is 4.74 Å². The van der Waals surface area contributed by atoms with Gasteiger partial charge in [0.05, 0.1) is 7.11 Å². The maximum Gasteiger partial charge on any atom is 0.322 e. The predicted molar refractivity (Wildman–Crippen MR) is 78.2 cm³/mol. The van der Waals surface area contributed by atoms with Gasteiger partial charge in [-0.3, -0.25) is 9.69 Å². The van der Waals surface area contributed by atoms with Crippen LogP contribution in [0, 0.1) is 0 Å². The molecule has 0 bridgehead atoms. The van der Waals surface area contributed by atoms with Crippen molar-refractivity contribution in [2.45, 2.75) is 71.0 Å². The summed E-state index contributed by atoms with van der Waals surface area (Å²) in [7, 11) is 1.47. The van der Waals surface area contributed by atoms with Crippen molar-refractivity contribution < 1.29 is 9.53 Å². The van der Waals surface area contributed by atoms with Gasteiger partial charge >= 0.3 is 5.97 Å². The fraction of sp³-hybridized carbons (Fsp3) is 0.933. The molecule has 1 heterocycles. The smallest absolute Gasteiger partial charge is 0.322 e. The third-order valence-electron chi connectivity index (χ3n) is 4.18. The molecular formula is C15H30N2O2. The highest BCUT2D eigenvalue weighted by Gasteiger charge is 2.26. The molecule has 4 nitrogen and oxygen atoms in total. The first-order chi connectivity index (χ1) is 9.10. The Morgan fingerprint density at radius 1 is 1.37 bits per heavy atom. The lowest BCUT2D eigenvalue weighted by molar-refractivity contribution is -0.143. The van der Waals surface area contributed by atoms with Gasteiger partial charge in [-0.1, -0.05) is 13.3 Å². The van der Waals surface area contributed by atoms with Crippen molar-refractivity contribution in [2.24, 2.45) is 0 Å². The molecule has 1 fully saturated rings. The fourth-order valence-electron chi connectivity index (χ4n) is 2.96. The van der Waals surface area contributed by atoms with Gasteiger partial charge in [-0.05, 0) is 46.1 Å². The van der Waals surface area contributed by atoms with E-state index in [1.54, 1.807) is 0 Å². The topological polar surface area (TPSA) is 41.6 Å². The molecule has 1 N–H and O–H groups in total. The normalized spacial score (nSPS) is 26.1. The van der Waals surface area contributed by atoms with Crippen molar-refractivity contribution in [1.29, 1.82) is 0 Å². The average molecular weight is 270 g/mol. The Morgan fingerprint density at radius 3 is 2.53 bits per heavy atom. The quantitative estimate of drug-likeness (QED) is 0.720. The number of carbonyl (C=O) groups is 1. The third kappa shape index (κ3) is 5.11. The van der Waals surface area contributed by atoms with E-state index >= 15 is 0 Å². The number of carbonyl (C=O) groups excluding carboxylic acids is 1. The summed E-state index contributed by atoms with van der Waals surface area (Å²) in [4.78, 5) is 14.3. The standard InChI is InChI=1S/C15H30N2O2/c1-5-10-16-14(15(18)19-4)9-11-17-12(2)7-6-8-13(17)3/h12-14,16H,5-11H2,1-4H3/t12-,13+,14?. The molecule has 0 aromatic rings. The molecule has 1 saturated heterocycles. The average Bonchev–Trinajstić information content (AvgIpc) is 2.40. The molecule has 1 aliphatic rings. The zero-order valence-corrected chi connectivity index (χ0v) is 12.9. The lowest BCUT2D eigenvalue weighted by Gasteiger charge is -2.39. The Bertz CT molecular complexity index is 261. The summed E-state index contributed by atoms with van der Waals surface area (Å²) >= 11 is 0. The molecule has 19 heavy (non-hydrogen) atoms. The third-order valence-corrected chi connectivity index (χ3v) is 4.18. The van der Waals surface area contributed by atoms with E-state index in [0.29, 0.717) is 12.1 Å². The largest absolute Gasteiger partial charge is 0.468 e. The van der Waals surface area contributed by atoms with Crippen LogP contribution in [0.25, 0.3) is 0 Å². The zero-order valence-electron chi connectivity index (χ0n) is 12.9. The lowest BCUT2D eigenvalue weighted by atomic mass is 9.97. The van der Waals surface area contributed by atoms with Crippen LogP contribution >= 0.6 is 0 Å². The molecule has 1 rings (SSSR count). The van der Waals surface area contributed by atoms with Gasteiger partial charge in [0.1, 0.15) is 6.04 Å².